The third-order valence-electron chi connectivity index (χ3n) is 5.93. The summed E-state index contributed by atoms with van der Waals surface area (Å²) in [4.78, 5) is 7.81. The minimum Gasteiger partial charge on any atom is -0.371 e. The smallest absolute Gasteiger partial charge is 0.0398 e. The van der Waals surface area contributed by atoms with Crippen molar-refractivity contribution in [1.82, 2.24) is 9.80 Å². The van der Waals surface area contributed by atoms with Crippen LogP contribution in [0.15, 0.2) is 18.2 Å². The van der Waals surface area contributed by atoms with Crippen LogP contribution < -0.4 is 4.90 Å². The summed E-state index contributed by atoms with van der Waals surface area (Å²) >= 11 is 0. The molecule has 134 valence electrons. The minimum atomic E-state index is 0.223. The van der Waals surface area contributed by atoms with E-state index in [0.29, 0.717) is 0 Å². The Kier molecular flexibility index (Phi) is 5.22. The highest BCUT2D eigenvalue weighted by molar-refractivity contribution is 5.56. The van der Waals surface area contributed by atoms with Gasteiger partial charge in [0.2, 0.25) is 0 Å². The summed E-state index contributed by atoms with van der Waals surface area (Å²) < 4.78 is 0. The van der Waals surface area contributed by atoms with E-state index < -0.39 is 0 Å². The molecule has 0 spiro atoms. The number of likely N-dealkylation sites (N-methyl/N-ethyl adjacent to an activating group) is 1. The highest BCUT2D eigenvalue weighted by Gasteiger charge is 2.27. The molecule has 0 bridgehead atoms. The fourth-order valence-corrected chi connectivity index (χ4v) is 4.08. The first-order valence-corrected chi connectivity index (χ1v) is 9.63. The molecule has 0 atom stereocenters. The molecule has 0 radical (unpaired) electrons. The lowest BCUT2D eigenvalue weighted by atomic mass is 9.86. The number of piperazine rings is 1. The Morgan fingerprint density at radius 3 is 2.12 bits per heavy atom. The molecule has 2 saturated heterocycles. The van der Waals surface area contributed by atoms with Crippen LogP contribution in [0, 0.1) is 6.92 Å². The molecule has 2 aliphatic rings. The highest BCUT2D eigenvalue weighted by atomic mass is 15.3. The Morgan fingerprint density at radius 2 is 1.54 bits per heavy atom. The van der Waals surface area contributed by atoms with E-state index in [2.05, 4.69) is 67.6 Å². The van der Waals surface area contributed by atoms with Crippen molar-refractivity contribution in [3.8, 4) is 0 Å². The van der Waals surface area contributed by atoms with E-state index in [1.165, 1.54) is 68.9 Å². The van der Waals surface area contributed by atoms with Gasteiger partial charge in [-0.15, -0.1) is 0 Å². The van der Waals surface area contributed by atoms with Crippen LogP contribution in [0.2, 0.25) is 0 Å². The van der Waals surface area contributed by atoms with E-state index in [-0.39, 0.29) is 5.41 Å². The van der Waals surface area contributed by atoms with Gasteiger partial charge in [-0.3, -0.25) is 4.90 Å². The lowest BCUT2D eigenvalue weighted by Crippen LogP contribution is -2.52. The monoisotopic (exact) mass is 329 g/mol. The molecule has 3 rings (SSSR count). The summed E-state index contributed by atoms with van der Waals surface area (Å²) in [6.07, 6.45) is 2.62. The summed E-state index contributed by atoms with van der Waals surface area (Å²) in [7, 11) is 2.24. The number of hydrogen-bond acceptors (Lipinski definition) is 3. The molecule has 2 heterocycles. The van der Waals surface area contributed by atoms with E-state index in [1.807, 2.05) is 0 Å². The molecule has 0 amide bonds. The van der Waals surface area contributed by atoms with Gasteiger partial charge < -0.3 is 9.80 Å². The first-order valence-electron chi connectivity index (χ1n) is 9.63. The minimum absolute atomic E-state index is 0.223. The molecule has 3 nitrogen and oxygen atoms in total. The van der Waals surface area contributed by atoms with E-state index in [4.69, 9.17) is 0 Å². The average Bonchev–Trinajstić information content (AvgIpc) is 2.55. The molecular weight excluding hydrogens is 294 g/mol. The van der Waals surface area contributed by atoms with Crippen LogP contribution in [0.3, 0.4) is 0 Å². The Balaban J connectivity index is 1.64. The van der Waals surface area contributed by atoms with Gasteiger partial charge in [0.05, 0.1) is 0 Å². The van der Waals surface area contributed by atoms with E-state index in [1.54, 1.807) is 0 Å². The lowest BCUT2D eigenvalue weighted by Gasteiger charge is -2.43. The molecule has 2 fully saturated rings. The van der Waals surface area contributed by atoms with Crippen LogP contribution in [0.25, 0.3) is 0 Å². The maximum Gasteiger partial charge on any atom is 0.0398 e. The van der Waals surface area contributed by atoms with Crippen molar-refractivity contribution in [1.29, 1.82) is 0 Å². The number of hydrogen-bond donors (Lipinski definition) is 0. The molecule has 3 heteroatoms. The van der Waals surface area contributed by atoms with Gasteiger partial charge in [0.1, 0.15) is 0 Å². The zero-order valence-electron chi connectivity index (χ0n) is 16.3. The Morgan fingerprint density at radius 1 is 0.917 bits per heavy atom. The molecular formula is C21H35N3. The number of piperidine rings is 1. The topological polar surface area (TPSA) is 9.72 Å². The second-order valence-corrected chi connectivity index (χ2v) is 8.81. The van der Waals surface area contributed by atoms with Crippen molar-refractivity contribution >= 4 is 5.69 Å². The van der Waals surface area contributed by atoms with Crippen LogP contribution in [-0.2, 0) is 5.41 Å². The van der Waals surface area contributed by atoms with Crippen LogP contribution in [0.4, 0.5) is 5.69 Å². The summed E-state index contributed by atoms with van der Waals surface area (Å²) in [5.74, 6) is 0. The SMILES string of the molecule is Cc1ccc(C(C)(C)C)cc1N1CCC(N2CCN(C)CC2)CC1. The van der Waals surface area contributed by atoms with Crippen LogP contribution in [-0.4, -0.2) is 62.2 Å². The Hall–Kier alpha value is -1.06. The first-order chi connectivity index (χ1) is 11.3. The Labute approximate surface area is 148 Å². The maximum atomic E-state index is 2.73. The largest absolute Gasteiger partial charge is 0.371 e. The number of benzene rings is 1. The van der Waals surface area contributed by atoms with E-state index >= 15 is 0 Å². The van der Waals surface area contributed by atoms with Crippen molar-refractivity contribution in [3.63, 3.8) is 0 Å². The molecule has 0 N–H and O–H groups in total. The van der Waals surface area contributed by atoms with Crippen LogP contribution in [0.1, 0.15) is 44.7 Å². The van der Waals surface area contributed by atoms with Crippen LogP contribution in [0.5, 0.6) is 0 Å². The normalized spacial score (nSPS) is 22.1. The number of aryl methyl sites for hydroxylation is 1. The predicted molar refractivity (Wildman–Crippen MR) is 104 cm³/mol. The van der Waals surface area contributed by atoms with Gasteiger partial charge in [-0.05, 0) is 49.4 Å². The van der Waals surface area contributed by atoms with Crippen molar-refractivity contribution < 1.29 is 0 Å². The average molecular weight is 330 g/mol. The quantitative estimate of drug-likeness (QED) is 0.822. The van der Waals surface area contributed by atoms with Crippen molar-refractivity contribution in [3.05, 3.63) is 29.3 Å². The molecule has 1 aromatic carbocycles. The van der Waals surface area contributed by atoms with Gasteiger partial charge in [-0.25, -0.2) is 0 Å². The van der Waals surface area contributed by atoms with Crippen molar-refractivity contribution in [2.24, 2.45) is 0 Å². The standard InChI is InChI=1S/C21H35N3/c1-17-6-7-18(21(2,3)4)16-20(17)24-10-8-19(9-11-24)23-14-12-22(5)13-15-23/h6-7,16,19H,8-15H2,1-5H3. The Bertz CT molecular complexity index is 545. The summed E-state index contributed by atoms with van der Waals surface area (Å²) in [6.45, 7) is 16.5. The zero-order chi connectivity index (χ0) is 17.3. The second-order valence-electron chi connectivity index (χ2n) is 8.81. The number of nitrogens with zero attached hydrogens (tertiary/aromatic N) is 3. The van der Waals surface area contributed by atoms with Gasteiger partial charge in [0, 0.05) is 51.0 Å². The molecule has 0 aliphatic carbocycles. The van der Waals surface area contributed by atoms with Gasteiger partial charge in [-0.1, -0.05) is 32.9 Å². The number of rotatable bonds is 2. The van der Waals surface area contributed by atoms with Gasteiger partial charge in [0.25, 0.3) is 0 Å². The third-order valence-corrected chi connectivity index (χ3v) is 5.93. The third kappa shape index (κ3) is 3.94. The molecule has 24 heavy (non-hydrogen) atoms. The molecule has 0 saturated carbocycles. The highest BCUT2D eigenvalue weighted by Crippen LogP contribution is 2.31. The molecule has 0 unspecified atom stereocenters. The van der Waals surface area contributed by atoms with Gasteiger partial charge in [-0.2, -0.15) is 0 Å². The fraction of sp³-hybridized carbons (Fsp3) is 0.714. The summed E-state index contributed by atoms with van der Waals surface area (Å²) in [6, 6.07) is 7.84. The van der Waals surface area contributed by atoms with Gasteiger partial charge >= 0.3 is 0 Å². The molecule has 2 aliphatic heterocycles. The lowest BCUT2D eigenvalue weighted by molar-refractivity contribution is 0.0982. The second kappa shape index (κ2) is 7.05. The zero-order valence-corrected chi connectivity index (χ0v) is 16.3. The van der Waals surface area contributed by atoms with Crippen LogP contribution >= 0.6 is 0 Å². The summed E-state index contributed by atoms with van der Waals surface area (Å²) in [5.41, 5.74) is 4.55. The molecule has 0 aromatic heterocycles. The van der Waals surface area contributed by atoms with E-state index in [0.717, 1.165) is 6.04 Å². The van der Waals surface area contributed by atoms with Crippen molar-refractivity contribution in [2.45, 2.75) is 52.0 Å². The fourth-order valence-electron chi connectivity index (χ4n) is 4.08. The van der Waals surface area contributed by atoms with Gasteiger partial charge in [0.15, 0.2) is 0 Å². The first kappa shape index (κ1) is 17.8. The predicted octanol–water partition coefficient (Wildman–Crippen LogP) is 3.51. The van der Waals surface area contributed by atoms with Crippen molar-refractivity contribution in [2.75, 3.05) is 51.2 Å². The van der Waals surface area contributed by atoms with E-state index in [9.17, 15) is 0 Å². The molecule has 1 aromatic rings. The summed E-state index contributed by atoms with van der Waals surface area (Å²) in [5, 5.41) is 0. The maximum absolute atomic E-state index is 2.73. The number of anilines is 1.